The van der Waals surface area contributed by atoms with Crippen molar-refractivity contribution in [3.05, 3.63) is 33.2 Å². The van der Waals surface area contributed by atoms with Gasteiger partial charge in [0.2, 0.25) is 5.56 Å². The minimum atomic E-state index is -2.75. The highest BCUT2D eigenvalue weighted by atomic mass is 79.9. The van der Waals surface area contributed by atoms with E-state index in [1.807, 2.05) is 0 Å². The zero-order valence-electron chi connectivity index (χ0n) is 7.06. The van der Waals surface area contributed by atoms with E-state index < -0.39 is 24.3 Å². The zero-order valence-corrected chi connectivity index (χ0v) is 8.64. The first kappa shape index (κ1) is 11.3. The van der Waals surface area contributed by atoms with Gasteiger partial charge < -0.3 is 10.1 Å². The molecule has 1 aromatic rings. The molecule has 0 radical (unpaired) electrons. The molecule has 14 heavy (non-hydrogen) atoms. The lowest BCUT2D eigenvalue weighted by atomic mass is 10.1. The first-order valence-electron chi connectivity index (χ1n) is 3.80. The number of H-pyrrole nitrogens is 1. The number of aliphatic hydroxyl groups is 1. The predicted molar refractivity (Wildman–Crippen MR) is 50.6 cm³/mol. The van der Waals surface area contributed by atoms with E-state index in [0.717, 1.165) is 6.07 Å². The predicted octanol–water partition coefficient (Wildman–Crippen LogP) is 1.70. The maximum Gasteiger partial charge on any atom is 0.278 e. The van der Waals surface area contributed by atoms with Gasteiger partial charge in [0.05, 0.1) is 12.3 Å². The monoisotopic (exact) mass is 267 g/mol. The van der Waals surface area contributed by atoms with Gasteiger partial charge in [-0.05, 0) is 11.1 Å². The third-order valence-corrected chi connectivity index (χ3v) is 2.36. The summed E-state index contributed by atoms with van der Waals surface area (Å²) in [5.41, 5.74) is -0.601. The van der Waals surface area contributed by atoms with E-state index in [2.05, 4.69) is 20.9 Å². The number of nitrogens with one attached hydrogen (secondary N) is 1. The van der Waals surface area contributed by atoms with Crippen molar-refractivity contribution in [1.29, 1.82) is 0 Å². The molecule has 1 rings (SSSR count). The molecule has 0 bridgehead atoms. The van der Waals surface area contributed by atoms with E-state index in [1.165, 1.54) is 0 Å². The van der Waals surface area contributed by atoms with Crippen molar-refractivity contribution >= 4 is 15.9 Å². The average Bonchev–Trinajstić information content (AvgIpc) is 2.16. The number of pyridine rings is 1. The Labute approximate surface area is 86.9 Å². The largest absolute Gasteiger partial charge is 0.392 e. The lowest BCUT2D eigenvalue weighted by Crippen LogP contribution is -2.14. The quantitative estimate of drug-likeness (QED) is 0.820. The van der Waals surface area contributed by atoms with Gasteiger partial charge in [0.15, 0.2) is 0 Å². The second-order valence-electron chi connectivity index (χ2n) is 2.64. The van der Waals surface area contributed by atoms with Crippen LogP contribution in [0.1, 0.15) is 23.2 Å². The minimum Gasteiger partial charge on any atom is -0.392 e. The molecule has 0 saturated heterocycles. The second kappa shape index (κ2) is 4.65. The van der Waals surface area contributed by atoms with E-state index in [9.17, 15) is 13.6 Å². The van der Waals surface area contributed by atoms with Crippen molar-refractivity contribution in [2.45, 2.75) is 18.4 Å². The van der Waals surface area contributed by atoms with Crippen molar-refractivity contribution in [2.24, 2.45) is 0 Å². The summed E-state index contributed by atoms with van der Waals surface area (Å²) in [4.78, 5) is 13.0. The molecule has 0 amide bonds. The Morgan fingerprint density at radius 2 is 2.21 bits per heavy atom. The Morgan fingerprint density at radius 1 is 1.57 bits per heavy atom. The van der Waals surface area contributed by atoms with Crippen LogP contribution in [0.4, 0.5) is 8.78 Å². The van der Waals surface area contributed by atoms with Crippen LogP contribution in [-0.2, 0) is 11.9 Å². The lowest BCUT2D eigenvalue weighted by Gasteiger charge is -2.09. The molecule has 0 spiro atoms. The first-order valence-corrected chi connectivity index (χ1v) is 4.92. The molecule has 0 aliphatic carbocycles. The first-order chi connectivity index (χ1) is 6.60. The molecule has 1 heterocycles. The molecule has 2 N–H and O–H groups in total. The van der Waals surface area contributed by atoms with Crippen LogP contribution in [0, 0.1) is 0 Å². The van der Waals surface area contributed by atoms with Crippen molar-refractivity contribution in [2.75, 3.05) is 0 Å². The number of aromatic nitrogens is 1. The topological polar surface area (TPSA) is 53.1 Å². The standard InChI is InChI=1S/C8H8BrF2NO2/c9-2-5-4(3-13)1-6(14)12-7(5)8(10)11/h1,8,13H,2-3H2,(H,12,14). The number of alkyl halides is 3. The van der Waals surface area contributed by atoms with Gasteiger partial charge in [-0.25, -0.2) is 8.78 Å². The van der Waals surface area contributed by atoms with Gasteiger partial charge >= 0.3 is 0 Å². The number of hydrogen-bond donors (Lipinski definition) is 2. The molecular formula is C8H8BrF2NO2. The summed E-state index contributed by atoms with van der Waals surface area (Å²) >= 11 is 3.03. The molecule has 0 fully saturated rings. The summed E-state index contributed by atoms with van der Waals surface area (Å²) < 4.78 is 24.9. The minimum absolute atomic E-state index is 0.166. The Morgan fingerprint density at radius 3 is 2.64 bits per heavy atom. The zero-order chi connectivity index (χ0) is 10.7. The van der Waals surface area contributed by atoms with Crippen molar-refractivity contribution < 1.29 is 13.9 Å². The lowest BCUT2D eigenvalue weighted by molar-refractivity contribution is 0.144. The summed E-state index contributed by atoms with van der Waals surface area (Å²) in [7, 11) is 0. The smallest absolute Gasteiger partial charge is 0.278 e. The van der Waals surface area contributed by atoms with Crippen LogP contribution in [0.2, 0.25) is 0 Å². The summed E-state index contributed by atoms with van der Waals surface area (Å²) in [6.45, 7) is -0.426. The van der Waals surface area contributed by atoms with Crippen molar-refractivity contribution in [1.82, 2.24) is 4.98 Å². The van der Waals surface area contributed by atoms with Gasteiger partial charge in [-0.2, -0.15) is 0 Å². The maximum absolute atomic E-state index is 12.4. The molecule has 0 aromatic carbocycles. The highest BCUT2D eigenvalue weighted by molar-refractivity contribution is 9.08. The average molecular weight is 268 g/mol. The number of rotatable bonds is 3. The molecule has 0 aliphatic heterocycles. The molecule has 0 unspecified atom stereocenters. The van der Waals surface area contributed by atoms with Gasteiger partial charge in [0.1, 0.15) is 0 Å². The van der Waals surface area contributed by atoms with Crippen LogP contribution in [0.3, 0.4) is 0 Å². The van der Waals surface area contributed by atoms with Gasteiger partial charge in [-0.3, -0.25) is 4.79 Å². The molecule has 0 atom stereocenters. The van der Waals surface area contributed by atoms with Crippen molar-refractivity contribution in [3.8, 4) is 0 Å². The Balaban J connectivity index is 3.39. The summed E-state index contributed by atoms with van der Waals surface area (Å²) in [6.07, 6.45) is -2.75. The molecular weight excluding hydrogens is 260 g/mol. The van der Waals surface area contributed by atoms with Gasteiger partial charge in [0, 0.05) is 11.4 Å². The van der Waals surface area contributed by atoms with Crippen LogP contribution in [0.15, 0.2) is 10.9 Å². The van der Waals surface area contributed by atoms with Crippen LogP contribution in [0.5, 0.6) is 0 Å². The number of hydrogen-bond acceptors (Lipinski definition) is 2. The van der Waals surface area contributed by atoms with Crippen molar-refractivity contribution in [3.63, 3.8) is 0 Å². The molecule has 6 heteroatoms. The fourth-order valence-electron chi connectivity index (χ4n) is 1.15. The Kier molecular flexibility index (Phi) is 3.77. The van der Waals surface area contributed by atoms with Gasteiger partial charge in [0.25, 0.3) is 6.43 Å². The van der Waals surface area contributed by atoms with Crippen LogP contribution >= 0.6 is 15.9 Å². The van der Waals surface area contributed by atoms with E-state index in [1.54, 1.807) is 0 Å². The third kappa shape index (κ3) is 2.19. The van der Waals surface area contributed by atoms with Crippen LogP contribution < -0.4 is 5.56 Å². The number of halogens is 3. The fourth-order valence-corrected chi connectivity index (χ4v) is 1.81. The summed E-state index contributed by atoms with van der Waals surface area (Å²) in [5.74, 6) is 0. The molecule has 1 aromatic heterocycles. The number of aliphatic hydroxyl groups excluding tert-OH is 1. The summed E-state index contributed by atoms with van der Waals surface area (Å²) in [6, 6.07) is 1.11. The molecule has 78 valence electrons. The van der Waals surface area contributed by atoms with E-state index >= 15 is 0 Å². The fraction of sp³-hybridized carbons (Fsp3) is 0.375. The molecule has 0 saturated carbocycles. The Bertz CT molecular complexity index is 378. The summed E-state index contributed by atoms with van der Waals surface area (Å²) in [5, 5.41) is 9.03. The number of aromatic amines is 1. The normalized spacial score (nSPS) is 10.9. The second-order valence-corrected chi connectivity index (χ2v) is 3.20. The maximum atomic E-state index is 12.4. The third-order valence-electron chi connectivity index (χ3n) is 1.80. The highest BCUT2D eigenvalue weighted by Gasteiger charge is 2.16. The highest BCUT2D eigenvalue weighted by Crippen LogP contribution is 2.23. The van der Waals surface area contributed by atoms with Gasteiger partial charge in [-0.15, -0.1) is 0 Å². The van der Waals surface area contributed by atoms with Crippen LogP contribution in [0.25, 0.3) is 0 Å². The van der Waals surface area contributed by atoms with E-state index in [0.29, 0.717) is 0 Å². The van der Waals surface area contributed by atoms with E-state index in [-0.39, 0.29) is 16.5 Å². The molecule has 3 nitrogen and oxygen atoms in total. The molecule has 0 aliphatic rings. The van der Waals surface area contributed by atoms with Crippen LogP contribution in [-0.4, -0.2) is 10.1 Å². The van der Waals surface area contributed by atoms with E-state index in [4.69, 9.17) is 5.11 Å². The SMILES string of the molecule is O=c1cc(CO)c(CBr)c(C(F)F)[nH]1. The van der Waals surface area contributed by atoms with Gasteiger partial charge in [-0.1, -0.05) is 15.9 Å². The Hall–Kier alpha value is -0.750.